The number of rotatable bonds is 0. The van der Waals surface area contributed by atoms with E-state index in [2.05, 4.69) is 4.99 Å². The van der Waals surface area contributed by atoms with Crippen molar-refractivity contribution in [2.75, 3.05) is 0 Å². The second kappa shape index (κ2) is 2.44. The molecule has 1 aliphatic rings. The Bertz CT molecular complexity index is 369. The summed E-state index contributed by atoms with van der Waals surface area (Å²) in [4.78, 5) is 14.8. The fraction of sp³-hybridized carbons (Fsp3) is 0.111. The van der Waals surface area contributed by atoms with Crippen molar-refractivity contribution in [2.24, 2.45) is 4.99 Å². The number of amides is 1. The van der Waals surface area contributed by atoms with Crippen LogP contribution in [-0.4, -0.2) is 17.2 Å². The number of phenols is 1. The third-order valence-corrected chi connectivity index (χ3v) is 1.84. The molecule has 0 fully saturated rings. The maximum atomic E-state index is 11.1. The molecule has 0 atom stereocenters. The van der Waals surface area contributed by atoms with Gasteiger partial charge >= 0.3 is 0 Å². The van der Waals surface area contributed by atoms with Crippen LogP contribution in [0.4, 0.5) is 0 Å². The second-order valence-corrected chi connectivity index (χ2v) is 2.66. The molecule has 0 spiro atoms. The third kappa shape index (κ3) is 0.993. The maximum Gasteiger partial charge on any atom is 0.276 e. The van der Waals surface area contributed by atoms with Crippen LogP contribution in [0.3, 0.4) is 0 Å². The molecule has 0 radical (unpaired) electrons. The van der Waals surface area contributed by atoms with Gasteiger partial charge in [-0.25, -0.2) is 4.99 Å². The minimum atomic E-state index is -0.226. The predicted molar refractivity (Wildman–Crippen MR) is 44.6 cm³/mol. The van der Waals surface area contributed by atoms with Gasteiger partial charge < -0.3 is 5.11 Å². The molecule has 3 nitrogen and oxygen atoms in total. The van der Waals surface area contributed by atoms with Crippen molar-refractivity contribution in [1.82, 2.24) is 0 Å². The van der Waals surface area contributed by atoms with Gasteiger partial charge in [0.15, 0.2) is 0 Å². The molecule has 0 bridgehead atoms. The van der Waals surface area contributed by atoms with Crippen LogP contribution >= 0.6 is 0 Å². The lowest BCUT2D eigenvalue weighted by Gasteiger charge is -2.08. The SMILES string of the molecule is O=C1N=CCc2cc(O)ccc21. The first-order valence-electron chi connectivity index (χ1n) is 3.66. The maximum absolute atomic E-state index is 11.1. The fourth-order valence-corrected chi connectivity index (χ4v) is 1.25. The van der Waals surface area contributed by atoms with Gasteiger partial charge in [0, 0.05) is 18.2 Å². The zero-order valence-electron chi connectivity index (χ0n) is 6.32. The van der Waals surface area contributed by atoms with Gasteiger partial charge in [0.1, 0.15) is 5.75 Å². The van der Waals surface area contributed by atoms with E-state index in [0.717, 1.165) is 5.56 Å². The molecule has 1 amide bonds. The molecule has 0 saturated heterocycles. The average Bonchev–Trinajstić information content (AvgIpc) is 2.04. The third-order valence-electron chi connectivity index (χ3n) is 1.84. The summed E-state index contributed by atoms with van der Waals surface area (Å²) < 4.78 is 0. The number of carbonyl (C=O) groups excluding carboxylic acids is 1. The first kappa shape index (κ1) is 7.03. The fourth-order valence-electron chi connectivity index (χ4n) is 1.25. The molecule has 12 heavy (non-hydrogen) atoms. The zero-order chi connectivity index (χ0) is 8.55. The van der Waals surface area contributed by atoms with E-state index >= 15 is 0 Å². The van der Waals surface area contributed by atoms with Crippen molar-refractivity contribution >= 4 is 12.1 Å². The van der Waals surface area contributed by atoms with Gasteiger partial charge in [-0.1, -0.05) is 0 Å². The molecule has 1 heterocycles. The first-order valence-corrected chi connectivity index (χ1v) is 3.66. The summed E-state index contributed by atoms with van der Waals surface area (Å²) in [7, 11) is 0. The summed E-state index contributed by atoms with van der Waals surface area (Å²) in [6, 6.07) is 4.69. The number of aromatic hydroxyl groups is 1. The van der Waals surface area contributed by atoms with E-state index in [4.69, 9.17) is 5.11 Å². The Morgan fingerprint density at radius 2 is 2.25 bits per heavy atom. The van der Waals surface area contributed by atoms with Crippen LogP contribution in [0.1, 0.15) is 15.9 Å². The Morgan fingerprint density at radius 3 is 3.08 bits per heavy atom. The summed E-state index contributed by atoms with van der Waals surface area (Å²) in [6.07, 6.45) is 2.18. The highest BCUT2D eigenvalue weighted by Gasteiger charge is 2.13. The second-order valence-electron chi connectivity index (χ2n) is 2.66. The van der Waals surface area contributed by atoms with Gasteiger partial charge in [0.05, 0.1) is 0 Å². The van der Waals surface area contributed by atoms with Crippen molar-refractivity contribution in [1.29, 1.82) is 0 Å². The van der Waals surface area contributed by atoms with E-state index in [1.807, 2.05) is 0 Å². The number of fused-ring (bicyclic) bond motifs is 1. The Kier molecular flexibility index (Phi) is 1.43. The largest absolute Gasteiger partial charge is 0.508 e. The normalized spacial score (nSPS) is 14.5. The monoisotopic (exact) mass is 161 g/mol. The topological polar surface area (TPSA) is 49.7 Å². The summed E-state index contributed by atoms with van der Waals surface area (Å²) in [5.41, 5.74) is 1.44. The molecule has 60 valence electrons. The zero-order valence-corrected chi connectivity index (χ0v) is 6.32. The van der Waals surface area contributed by atoms with Crippen LogP contribution in [0.25, 0.3) is 0 Å². The number of hydrogen-bond donors (Lipinski definition) is 1. The van der Waals surface area contributed by atoms with Gasteiger partial charge in [-0.3, -0.25) is 4.79 Å². The van der Waals surface area contributed by atoms with E-state index < -0.39 is 0 Å². The molecule has 1 aromatic carbocycles. The lowest BCUT2D eigenvalue weighted by atomic mass is 10.0. The van der Waals surface area contributed by atoms with Gasteiger partial charge in [-0.2, -0.15) is 0 Å². The lowest BCUT2D eigenvalue weighted by Crippen LogP contribution is -2.07. The molecule has 1 aliphatic heterocycles. The Labute approximate surface area is 69.4 Å². The van der Waals surface area contributed by atoms with Crippen LogP contribution in [0.15, 0.2) is 23.2 Å². The minimum Gasteiger partial charge on any atom is -0.508 e. The van der Waals surface area contributed by atoms with Gasteiger partial charge in [0.25, 0.3) is 5.91 Å². The van der Waals surface area contributed by atoms with E-state index in [0.29, 0.717) is 12.0 Å². The Balaban J connectivity index is 2.58. The molecule has 3 heteroatoms. The van der Waals surface area contributed by atoms with E-state index in [9.17, 15) is 4.79 Å². The highest BCUT2D eigenvalue weighted by molar-refractivity contribution is 6.03. The summed E-state index contributed by atoms with van der Waals surface area (Å²) >= 11 is 0. The van der Waals surface area contributed by atoms with Crippen molar-refractivity contribution in [3.05, 3.63) is 29.3 Å². The molecule has 0 unspecified atom stereocenters. The summed E-state index contributed by atoms with van der Waals surface area (Å²) in [5.74, 6) is -0.0342. The number of nitrogens with zero attached hydrogens (tertiary/aromatic N) is 1. The average molecular weight is 161 g/mol. The highest BCUT2D eigenvalue weighted by Crippen LogP contribution is 2.19. The molecular weight excluding hydrogens is 154 g/mol. The standard InChI is InChI=1S/C9H7NO2/c11-7-1-2-8-6(5-7)3-4-10-9(8)12/h1-2,4-5,11H,3H2. The Hall–Kier alpha value is -1.64. The van der Waals surface area contributed by atoms with Crippen LogP contribution in [0, 0.1) is 0 Å². The molecule has 1 N–H and O–H groups in total. The highest BCUT2D eigenvalue weighted by atomic mass is 16.3. The molecule has 0 aromatic heterocycles. The van der Waals surface area contributed by atoms with Crippen LogP contribution < -0.4 is 0 Å². The van der Waals surface area contributed by atoms with Crippen LogP contribution in [-0.2, 0) is 6.42 Å². The lowest BCUT2D eigenvalue weighted by molar-refractivity contribution is 0.100. The molecule has 0 saturated carbocycles. The summed E-state index contributed by atoms with van der Waals surface area (Å²) in [5, 5.41) is 9.12. The van der Waals surface area contributed by atoms with Crippen molar-refractivity contribution in [3.63, 3.8) is 0 Å². The quantitative estimate of drug-likeness (QED) is 0.620. The van der Waals surface area contributed by atoms with E-state index in [-0.39, 0.29) is 11.7 Å². The van der Waals surface area contributed by atoms with Crippen LogP contribution in [0.5, 0.6) is 5.75 Å². The van der Waals surface area contributed by atoms with Gasteiger partial charge in [-0.05, 0) is 23.8 Å². The van der Waals surface area contributed by atoms with Crippen molar-refractivity contribution in [3.8, 4) is 5.75 Å². The molecular formula is C9H7NO2. The molecule has 0 aliphatic carbocycles. The van der Waals surface area contributed by atoms with Crippen molar-refractivity contribution < 1.29 is 9.90 Å². The van der Waals surface area contributed by atoms with Gasteiger partial charge in [-0.15, -0.1) is 0 Å². The van der Waals surface area contributed by atoms with Crippen LogP contribution in [0.2, 0.25) is 0 Å². The summed E-state index contributed by atoms with van der Waals surface area (Å²) in [6.45, 7) is 0. The first-order chi connectivity index (χ1) is 5.77. The number of aliphatic imine (C=N–C) groups is 1. The Morgan fingerprint density at radius 1 is 1.42 bits per heavy atom. The minimum absolute atomic E-state index is 0.192. The van der Waals surface area contributed by atoms with E-state index in [1.165, 1.54) is 6.07 Å². The molecule has 1 aromatic rings. The predicted octanol–water partition coefficient (Wildman–Crippen LogP) is 1.16. The number of benzene rings is 1. The van der Waals surface area contributed by atoms with Crippen molar-refractivity contribution in [2.45, 2.75) is 6.42 Å². The molecule has 2 rings (SSSR count). The smallest absolute Gasteiger partial charge is 0.276 e. The number of carbonyl (C=O) groups is 1. The number of phenolic OH excluding ortho intramolecular Hbond substituents is 1. The van der Waals surface area contributed by atoms with E-state index in [1.54, 1.807) is 18.3 Å². The number of hydrogen-bond acceptors (Lipinski definition) is 2. The van der Waals surface area contributed by atoms with Gasteiger partial charge in [0.2, 0.25) is 0 Å².